The van der Waals surface area contributed by atoms with Gasteiger partial charge in [0.15, 0.2) is 0 Å². The molecule has 156 valence electrons. The van der Waals surface area contributed by atoms with Crippen LogP contribution in [-0.4, -0.2) is 37.3 Å². The van der Waals surface area contributed by atoms with Crippen molar-refractivity contribution in [3.8, 4) is 0 Å². The second-order valence-corrected chi connectivity index (χ2v) is 7.25. The van der Waals surface area contributed by atoms with Gasteiger partial charge in [-0.15, -0.1) is 0 Å². The Labute approximate surface area is 163 Å². The quantitative estimate of drug-likeness (QED) is 0.202. The van der Waals surface area contributed by atoms with Crippen LogP contribution < -0.4 is 0 Å². The molecule has 0 bridgehead atoms. The van der Waals surface area contributed by atoms with Crippen molar-refractivity contribution < 1.29 is 14.4 Å². The van der Waals surface area contributed by atoms with E-state index in [0.29, 0.717) is 25.7 Å². The molecule has 1 atom stereocenters. The standard InChI is InChI=1S/C22H45NO3/c1-5-9-10-11-12-13-14-15-16-17-18-21(6-2)19-23(26-8-4)22(24)20-25-7-3/h21H,5-20H2,1-4H3. The lowest BCUT2D eigenvalue weighted by Crippen LogP contribution is -2.37. The Morgan fingerprint density at radius 3 is 1.88 bits per heavy atom. The Morgan fingerprint density at radius 1 is 0.808 bits per heavy atom. The Kier molecular flexibility index (Phi) is 18.7. The van der Waals surface area contributed by atoms with Crippen molar-refractivity contribution in [2.45, 2.75) is 105 Å². The number of ether oxygens (including phenoxy) is 1. The molecule has 0 aliphatic heterocycles. The molecule has 4 heteroatoms. The molecule has 0 aliphatic carbocycles. The molecule has 0 heterocycles. The van der Waals surface area contributed by atoms with Gasteiger partial charge in [0.05, 0.1) is 13.2 Å². The van der Waals surface area contributed by atoms with Crippen LogP contribution in [0, 0.1) is 5.92 Å². The van der Waals surface area contributed by atoms with E-state index in [1.165, 1.54) is 75.7 Å². The molecule has 1 amide bonds. The average Bonchev–Trinajstić information content (AvgIpc) is 2.65. The van der Waals surface area contributed by atoms with Crippen LogP contribution in [-0.2, 0) is 14.4 Å². The van der Waals surface area contributed by atoms with E-state index in [2.05, 4.69) is 13.8 Å². The number of amides is 1. The lowest BCUT2D eigenvalue weighted by atomic mass is 9.97. The monoisotopic (exact) mass is 371 g/mol. The Morgan fingerprint density at radius 2 is 1.38 bits per heavy atom. The van der Waals surface area contributed by atoms with Crippen LogP contribution in [0.15, 0.2) is 0 Å². The van der Waals surface area contributed by atoms with E-state index >= 15 is 0 Å². The Bertz CT molecular complexity index is 310. The van der Waals surface area contributed by atoms with E-state index < -0.39 is 0 Å². The van der Waals surface area contributed by atoms with Crippen LogP contribution in [0.1, 0.15) is 105 Å². The lowest BCUT2D eigenvalue weighted by Gasteiger charge is -2.26. The molecule has 0 aromatic carbocycles. The van der Waals surface area contributed by atoms with Crippen LogP contribution in [0.4, 0.5) is 0 Å². The summed E-state index contributed by atoms with van der Waals surface area (Å²) in [4.78, 5) is 17.7. The van der Waals surface area contributed by atoms with Gasteiger partial charge in [-0.2, -0.15) is 0 Å². The van der Waals surface area contributed by atoms with E-state index in [-0.39, 0.29) is 12.5 Å². The van der Waals surface area contributed by atoms with E-state index in [1.807, 2.05) is 13.8 Å². The highest BCUT2D eigenvalue weighted by Gasteiger charge is 2.18. The molecule has 0 rings (SSSR count). The predicted octanol–water partition coefficient (Wildman–Crippen LogP) is 6.14. The summed E-state index contributed by atoms with van der Waals surface area (Å²) in [7, 11) is 0. The summed E-state index contributed by atoms with van der Waals surface area (Å²) >= 11 is 0. The molecule has 0 spiro atoms. The summed E-state index contributed by atoms with van der Waals surface area (Å²) in [5.41, 5.74) is 0. The molecule has 0 aromatic heterocycles. The third kappa shape index (κ3) is 14.5. The molecule has 26 heavy (non-hydrogen) atoms. The summed E-state index contributed by atoms with van der Waals surface area (Å²) in [6.07, 6.45) is 15.9. The van der Waals surface area contributed by atoms with Gasteiger partial charge >= 0.3 is 0 Å². The molecule has 0 radical (unpaired) electrons. The third-order valence-corrected chi connectivity index (χ3v) is 4.96. The first-order valence-electron chi connectivity index (χ1n) is 11.2. The number of carbonyl (C=O) groups is 1. The number of rotatable bonds is 19. The van der Waals surface area contributed by atoms with Crippen molar-refractivity contribution in [3.05, 3.63) is 0 Å². The van der Waals surface area contributed by atoms with Crippen LogP contribution >= 0.6 is 0 Å². The van der Waals surface area contributed by atoms with E-state index in [0.717, 1.165) is 6.42 Å². The third-order valence-electron chi connectivity index (χ3n) is 4.96. The van der Waals surface area contributed by atoms with Crippen molar-refractivity contribution >= 4 is 5.91 Å². The maximum Gasteiger partial charge on any atom is 0.272 e. The van der Waals surface area contributed by atoms with Crippen LogP contribution in [0.25, 0.3) is 0 Å². The van der Waals surface area contributed by atoms with Gasteiger partial charge in [0.1, 0.15) is 6.61 Å². The molecule has 0 N–H and O–H groups in total. The number of hydrogen-bond donors (Lipinski definition) is 0. The highest BCUT2D eigenvalue weighted by atomic mass is 16.7. The highest BCUT2D eigenvalue weighted by Crippen LogP contribution is 2.17. The molecule has 0 fully saturated rings. The zero-order valence-electron chi connectivity index (χ0n) is 18.1. The van der Waals surface area contributed by atoms with Crippen molar-refractivity contribution in [2.24, 2.45) is 5.92 Å². The predicted molar refractivity (Wildman–Crippen MR) is 110 cm³/mol. The van der Waals surface area contributed by atoms with Crippen molar-refractivity contribution in [2.75, 3.05) is 26.4 Å². The van der Waals surface area contributed by atoms with Crippen LogP contribution in [0.2, 0.25) is 0 Å². The van der Waals surface area contributed by atoms with E-state index in [4.69, 9.17) is 9.57 Å². The molecule has 0 aromatic rings. The first-order chi connectivity index (χ1) is 12.7. The minimum absolute atomic E-state index is 0.0600. The van der Waals surface area contributed by atoms with Gasteiger partial charge < -0.3 is 4.74 Å². The maximum absolute atomic E-state index is 12.2. The molecular weight excluding hydrogens is 326 g/mol. The Balaban J connectivity index is 3.86. The SMILES string of the molecule is CCCCCCCCCCCCC(CC)CN(OCC)C(=O)COCC. The van der Waals surface area contributed by atoms with Gasteiger partial charge in [-0.3, -0.25) is 9.63 Å². The number of hydrogen-bond acceptors (Lipinski definition) is 3. The number of nitrogens with zero attached hydrogens (tertiary/aromatic N) is 1. The fraction of sp³-hybridized carbons (Fsp3) is 0.955. The second kappa shape index (κ2) is 19.2. The zero-order valence-corrected chi connectivity index (χ0v) is 18.1. The van der Waals surface area contributed by atoms with Crippen molar-refractivity contribution in [3.63, 3.8) is 0 Å². The molecule has 1 unspecified atom stereocenters. The molecule has 0 saturated carbocycles. The van der Waals surface area contributed by atoms with Gasteiger partial charge in [0.25, 0.3) is 5.91 Å². The second-order valence-electron chi connectivity index (χ2n) is 7.25. The minimum Gasteiger partial charge on any atom is -0.372 e. The highest BCUT2D eigenvalue weighted by molar-refractivity contribution is 5.76. The summed E-state index contributed by atoms with van der Waals surface area (Å²) in [5, 5.41) is 1.53. The van der Waals surface area contributed by atoms with Crippen molar-refractivity contribution in [1.82, 2.24) is 5.06 Å². The maximum atomic E-state index is 12.2. The summed E-state index contributed by atoms with van der Waals surface area (Å²) in [5.74, 6) is 0.455. The van der Waals surface area contributed by atoms with Gasteiger partial charge in [0, 0.05) is 6.61 Å². The van der Waals surface area contributed by atoms with Crippen LogP contribution in [0.3, 0.4) is 0 Å². The van der Waals surface area contributed by atoms with Gasteiger partial charge in [-0.05, 0) is 26.2 Å². The minimum atomic E-state index is -0.0600. The van der Waals surface area contributed by atoms with Crippen LogP contribution in [0.5, 0.6) is 0 Å². The van der Waals surface area contributed by atoms with E-state index in [1.54, 1.807) is 0 Å². The average molecular weight is 372 g/mol. The summed E-state index contributed by atoms with van der Waals surface area (Å²) in [6.45, 7) is 10.2. The molecule has 0 aliphatic rings. The normalized spacial score (nSPS) is 12.3. The zero-order chi connectivity index (χ0) is 19.5. The molecule has 0 saturated heterocycles. The Hall–Kier alpha value is -0.610. The fourth-order valence-corrected chi connectivity index (χ4v) is 3.22. The van der Waals surface area contributed by atoms with Gasteiger partial charge in [-0.25, -0.2) is 5.06 Å². The smallest absolute Gasteiger partial charge is 0.272 e. The first-order valence-corrected chi connectivity index (χ1v) is 11.2. The van der Waals surface area contributed by atoms with Crippen molar-refractivity contribution in [1.29, 1.82) is 0 Å². The van der Waals surface area contributed by atoms with Gasteiger partial charge in [-0.1, -0.05) is 84.5 Å². The topological polar surface area (TPSA) is 38.8 Å². The largest absolute Gasteiger partial charge is 0.372 e. The van der Waals surface area contributed by atoms with Gasteiger partial charge in [0.2, 0.25) is 0 Å². The molecular formula is C22H45NO3. The lowest BCUT2D eigenvalue weighted by molar-refractivity contribution is -0.192. The summed E-state index contributed by atoms with van der Waals surface area (Å²) in [6, 6.07) is 0. The number of hydroxylamine groups is 2. The first kappa shape index (κ1) is 25.4. The molecule has 4 nitrogen and oxygen atoms in total. The van der Waals surface area contributed by atoms with E-state index in [9.17, 15) is 4.79 Å². The number of carbonyl (C=O) groups excluding carboxylic acids is 1. The summed E-state index contributed by atoms with van der Waals surface area (Å²) < 4.78 is 5.23. The fourth-order valence-electron chi connectivity index (χ4n) is 3.22. The number of unbranched alkanes of at least 4 members (excludes halogenated alkanes) is 9.